The lowest BCUT2D eigenvalue weighted by Gasteiger charge is -2.30. The first-order valence-corrected chi connectivity index (χ1v) is 6.79. The molecule has 0 saturated heterocycles. The monoisotopic (exact) mass is 253 g/mol. The zero-order valence-electron chi connectivity index (χ0n) is 11.5. The molecule has 1 unspecified atom stereocenters. The van der Waals surface area contributed by atoms with E-state index in [0.717, 1.165) is 38.4 Å². The van der Waals surface area contributed by atoms with Gasteiger partial charge >= 0.3 is 6.09 Å². The number of nitrogens with one attached hydrogen (secondary N) is 1. The zero-order chi connectivity index (χ0) is 13.4. The molecule has 0 aliphatic heterocycles. The van der Waals surface area contributed by atoms with Gasteiger partial charge < -0.3 is 14.8 Å². The first-order valence-electron chi connectivity index (χ1n) is 6.79. The summed E-state index contributed by atoms with van der Waals surface area (Å²) in [5.41, 5.74) is -0.160. The molecule has 4 heteroatoms. The molecular weight excluding hydrogens is 230 g/mol. The first-order chi connectivity index (χ1) is 8.35. The Bertz CT molecular complexity index is 337. The van der Waals surface area contributed by atoms with Gasteiger partial charge in [0.05, 0.1) is 0 Å². The predicted molar refractivity (Wildman–Crippen MR) is 68.2 cm³/mol. The minimum Gasteiger partial charge on any atom is -0.444 e. The molecule has 1 amide bonds. The molecular formula is C14H23NO3. The van der Waals surface area contributed by atoms with Crippen molar-refractivity contribution in [1.29, 1.82) is 0 Å². The number of carbonyl (C=O) groups is 2. The lowest BCUT2D eigenvalue weighted by Crippen LogP contribution is -2.41. The summed E-state index contributed by atoms with van der Waals surface area (Å²) < 4.78 is 5.24. The molecule has 1 N–H and O–H groups in total. The van der Waals surface area contributed by atoms with Gasteiger partial charge in [0.1, 0.15) is 11.9 Å². The smallest absolute Gasteiger partial charge is 0.407 e. The lowest BCUT2D eigenvalue weighted by atomic mass is 9.82. The predicted octanol–water partition coefficient (Wildman–Crippen LogP) is 2.66. The highest BCUT2D eigenvalue weighted by Gasteiger charge is 2.54. The molecule has 0 aromatic carbocycles. The fourth-order valence-electron chi connectivity index (χ4n) is 2.96. The Morgan fingerprint density at radius 2 is 1.94 bits per heavy atom. The Labute approximate surface area is 108 Å². The summed E-state index contributed by atoms with van der Waals surface area (Å²) in [6, 6.07) is 0.207. The van der Waals surface area contributed by atoms with Crippen LogP contribution in [-0.4, -0.2) is 24.0 Å². The Hall–Kier alpha value is -1.06. The van der Waals surface area contributed by atoms with E-state index in [1.165, 1.54) is 0 Å². The number of hydrogen-bond donors (Lipinski definition) is 1. The largest absolute Gasteiger partial charge is 0.444 e. The van der Waals surface area contributed by atoms with Gasteiger partial charge in [-0.3, -0.25) is 0 Å². The van der Waals surface area contributed by atoms with Gasteiger partial charge in [-0.2, -0.15) is 0 Å². The highest BCUT2D eigenvalue weighted by Crippen LogP contribution is 2.60. The Balaban J connectivity index is 1.74. The molecule has 18 heavy (non-hydrogen) atoms. The number of ether oxygens (including phenoxy) is 1. The minimum absolute atomic E-state index is 0.207. The SMILES string of the molecule is CC(C)(C)OC(=O)NC1CCC2(CC1)CC2C=O. The first kappa shape index (κ1) is 13.4. The minimum atomic E-state index is -0.445. The number of amides is 1. The van der Waals surface area contributed by atoms with Crippen LogP contribution in [-0.2, 0) is 9.53 Å². The normalized spacial score (nSPS) is 35.1. The molecule has 2 fully saturated rings. The van der Waals surface area contributed by atoms with E-state index in [1.807, 2.05) is 20.8 Å². The molecule has 0 aromatic rings. The molecule has 0 heterocycles. The average molecular weight is 253 g/mol. The summed E-state index contributed by atoms with van der Waals surface area (Å²) in [7, 11) is 0. The molecule has 0 bridgehead atoms. The van der Waals surface area contributed by atoms with Gasteiger partial charge in [-0.05, 0) is 58.3 Å². The summed E-state index contributed by atoms with van der Waals surface area (Å²) >= 11 is 0. The van der Waals surface area contributed by atoms with Crippen LogP contribution in [0.15, 0.2) is 0 Å². The van der Waals surface area contributed by atoms with Crippen molar-refractivity contribution in [3.63, 3.8) is 0 Å². The topological polar surface area (TPSA) is 55.4 Å². The second kappa shape index (κ2) is 4.56. The third-order valence-corrected chi connectivity index (χ3v) is 4.12. The average Bonchev–Trinajstić information content (AvgIpc) is 2.93. The van der Waals surface area contributed by atoms with Crippen LogP contribution in [0.4, 0.5) is 4.79 Å². The molecule has 2 aliphatic carbocycles. The van der Waals surface area contributed by atoms with Crippen molar-refractivity contribution in [2.75, 3.05) is 0 Å². The van der Waals surface area contributed by atoms with Gasteiger partial charge in [-0.1, -0.05) is 0 Å². The number of hydrogen-bond acceptors (Lipinski definition) is 3. The summed E-state index contributed by atoms with van der Waals surface area (Å²) in [6.45, 7) is 5.59. The molecule has 2 aliphatic rings. The van der Waals surface area contributed by atoms with Gasteiger partial charge in [0.15, 0.2) is 0 Å². The van der Waals surface area contributed by atoms with Crippen molar-refractivity contribution in [3.05, 3.63) is 0 Å². The highest BCUT2D eigenvalue weighted by atomic mass is 16.6. The van der Waals surface area contributed by atoms with Crippen molar-refractivity contribution in [1.82, 2.24) is 5.32 Å². The summed E-state index contributed by atoms with van der Waals surface area (Å²) in [4.78, 5) is 22.4. The molecule has 2 saturated carbocycles. The van der Waals surface area contributed by atoms with E-state index in [0.29, 0.717) is 0 Å². The van der Waals surface area contributed by atoms with Crippen LogP contribution >= 0.6 is 0 Å². The quantitative estimate of drug-likeness (QED) is 0.770. The molecule has 102 valence electrons. The van der Waals surface area contributed by atoms with Crippen LogP contribution in [0.3, 0.4) is 0 Å². The maximum Gasteiger partial charge on any atom is 0.407 e. The van der Waals surface area contributed by atoms with E-state index < -0.39 is 5.60 Å². The number of carbonyl (C=O) groups excluding carboxylic acids is 2. The number of alkyl carbamates (subject to hydrolysis) is 1. The van der Waals surface area contributed by atoms with Gasteiger partial charge in [0.2, 0.25) is 0 Å². The van der Waals surface area contributed by atoms with E-state index in [2.05, 4.69) is 5.32 Å². The molecule has 1 atom stereocenters. The zero-order valence-corrected chi connectivity index (χ0v) is 11.5. The van der Waals surface area contributed by atoms with Crippen LogP contribution in [0.1, 0.15) is 52.9 Å². The maximum atomic E-state index is 11.6. The summed E-state index contributed by atoms with van der Waals surface area (Å²) in [6.07, 6.45) is 5.85. The van der Waals surface area contributed by atoms with Crippen LogP contribution in [0.2, 0.25) is 0 Å². The third kappa shape index (κ3) is 3.03. The maximum absolute atomic E-state index is 11.6. The Morgan fingerprint density at radius 3 is 2.39 bits per heavy atom. The number of rotatable bonds is 2. The molecule has 0 radical (unpaired) electrons. The fourth-order valence-corrected chi connectivity index (χ4v) is 2.96. The fraction of sp³-hybridized carbons (Fsp3) is 0.857. The van der Waals surface area contributed by atoms with E-state index in [1.54, 1.807) is 0 Å². The van der Waals surface area contributed by atoms with E-state index in [9.17, 15) is 9.59 Å². The van der Waals surface area contributed by atoms with Crippen molar-refractivity contribution < 1.29 is 14.3 Å². The Kier molecular flexibility index (Phi) is 3.39. The van der Waals surface area contributed by atoms with E-state index >= 15 is 0 Å². The summed E-state index contributed by atoms with van der Waals surface area (Å²) in [5.74, 6) is 0.278. The van der Waals surface area contributed by atoms with Crippen LogP contribution < -0.4 is 5.32 Å². The van der Waals surface area contributed by atoms with Gasteiger partial charge in [0, 0.05) is 12.0 Å². The molecule has 4 nitrogen and oxygen atoms in total. The van der Waals surface area contributed by atoms with Crippen molar-refractivity contribution in [2.24, 2.45) is 11.3 Å². The number of aldehydes is 1. The second-order valence-corrected chi connectivity index (χ2v) is 6.73. The lowest BCUT2D eigenvalue weighted by molar-refractivity contribution is -0.109. The molecule has 0 aromatic heterocycles. The highest BCUT2D eigenvalue weighted by molar-refractivity contribution is 5.68. The van der Waals surface area contributed by atoms with Crippen LogP contribution in [0, 0.1) is 11.3 Å². The van der Waals surface area contributed by atoms with Crippen molar-refractivity contribution in [3.8, 4) is 0 Å². The van der Waals surface area contributed by atoms with Crippen molar-refractivity contribution >= 4 is 12.4 Å². The molecule has 1 spiro atoms. The third-order valence-electron chi connectivity index (χ3n) is 4.12. The van der Waals surface area contributed by atoms with Crippen molar-refractivity contribution in [2.45, 2.75) is 64.5 Å². The van der Waals surface area contributed by atoms with Crippen LogP contribution in [0.5, 0.6) is 0 Å². The van der Waals surface area contributed by atoms with E-state index in [4.69, 9.17) is 4.74 Å². The van der Waals surface area contributed by atoms with Gasteiger partial charge in [-0.25, -0.2) is 4.79 Å². The van der Waals surface area contributed by atoms with E-state index in [-0.39, 0.29) is 23.5 Å². The molecule has 2 rings (SSSR count). The van der Waals surface area contributed by atoms with Gasteiger partial charge in [-0.15, -0.1) is 0 Å². The Morgan fingerprint density at radius 1 is 1.33 bits per heavy atom. The van der Waals surface area contributed by atoms with Crippen LogP contribution in [0.25, 0.3) is 0 Å². The summed E-state index contributed by atoms with van der Waals surface area (Å²) in [5, 5.41) is 2.92. The second-order valence-electron chi connectivity index (χ2n) is 6.73. The standard InChI is InChI=1S/C14H23NO3/c1-13(2,3)18-12(17)15-11-4-6-14(7-5-11)8-10(14)9-16/h9-11H,4-8H2,1-3H3,(H,15,17). The van der Waals surface area contributed by atoms with Gasteiger partial charge in [0.25, 0.3) is 0 Å².